The molecular weight excluding hydrogens is 320 g/mol. The number of rotatable bonds is 6. The zero-order valence-corrected chi connectivity index (χ0v) is 14.4. The van der Waals surface area contributed by atoms with Crippen molar-refractivity contribution in [2.24, 2.45) is 0 Å². The van der Waals surface area contributed by atoms with E-state index < -0.39 is 0 Å². The average Bonchev–Trinajstić information content (AvgIpc) is 2.65. The quantitative estimate of drug-likeness (QED) is 0.721. The van der Waals surface area contributed by atoms with E-state index in [2.05, 4.69) is 10.3 Å². The highest BCUT2D eigenvalue weighted by atomic mass is 16.5. The third-order valence-electron chi connectivity index (χ3n) is 4.00. The molecule has 6 nitrogen and oxygen atoms in total. The van der Waals surface area contributed by atoms with Crippen LogP contribution in [0.3, 0.4) is 0 Å². The minimum atomic E-state index is -0.131. The molecular formula is C19H20N2O4. The van der Waals surface area contributed by atoms with E-state index in [9.17, 15) is 4.79 Å². The summed E-state index contributed by atoms with van der Waals surface area (Å²) in [5.41, 5.74) is 2.10. The maximum absolute atomic E-state index is 12.3. The molecule has 0 amide bonds. The maximum atomic E-state index is 12.3. The SMILES string of the molecule is COc1ccc2cc(CNc3ccc(OC)c(OC)c3)c(=O)[nH]c2c1. The Balaban J connectivity index is 1.83. The summed E-state index contributed by atoms with van der Waals surface area (Å²) in [4.78, 5) is 15.2. The van der Waals surface area contributed by atoms with Crippen molar-refractivity contribution >= 4 is 16.6 Å². The molecule has 2 aromatic carbocycles. The monoisotopic (exact) mass is 340 g/mol. The van der Waals surface area contributed by atoms with Crippen LogP contribution in [0.2, 0.25) is 0 Å². The molecule has 0 unspecified atom stereocenters. The topological polar surface area (TPSA) is 72.6 Å². The highest BCUT2D eigenvalue weighted by Crippen LogP contribution is 2.29. The largest absolute Gasteiger partial charge is 0.497 e. The van der Waals surface area contributed by atoms with E-state index in [0.717, 1.165) is 16.6 Å². The minimum Gasteiger partial charge on any atom is -0.497 e. The van der Waals surface area contributed by atoms with E-state index in [1.54, 1.807) is 21.3 Å². The van der Waals surface area contributed by atoms with Crippen molar-refractivity contribution in [3.8, 4) is 17.2 Å². The van der Waals surface area contributed by atoms with Gasteiger partial charge in [-0.2, -0.15) is 0 Å². The molecule has 3 rings (SSSR count). The second-order valence-electron chi connectivity index (χ2n) is 5.50. The second-order valence-corrected chi connectivity index (χ2v) is 5.50. The summed E-state index contributed by atoms with van der Waals surface area (Å²) in [5, 5.41) is 4.18. The van der Waals surface area contributed by atoms with Crippen molar-refractivity contribution in [2.45, 2.75) is 6.54 Å². The molecule has 0 spiro atoms. The first-order valence-electron chi connectivity index (χ1n) is 7.80. The van der Waals surface area contributed by atoms with E-state index in [0.29, 0.717) is 29.4 Å². The lowest BCUT2D eigenvalue weighted by atomic mass is 10.1. The molecule has 3 aromatic rings. The van der Waals surface area contributed by atoms with Crippen LogP contribution >= 0.6 is 0 Å². The van der Waals surface area contributed by atoms with Crippen molar-refractivity contribution in [3.63, 3.8) is 0 Å². The van der Waals surface area contributed by atoms with Crippen molar-refractivity contribution < 1.29 is 14.2 Å². The van der Waals surface area contributed by atoms with Crippen LogP contribution in [0.25, 0.3) is 10.9 Å². The third-order valence-corrected chi connectivity index (χ3v) is 4.00. The first-order valence-corrected chi connectivity index (χ1v) is 7.80. The van der Waals surface area contributed by atoms with Gasteiger partial charge in [-0.3, -0.25) is 4.79 Å². The molecule has 2 N–H and O–H groups in total. The van der Waals surface area contributed by atoms with Gasteiger partial charge in [0.2, 0.25) is 0 Å². The van der Waals surface area contributed by atoms with Gasteiger partial charge >= 0.3 is 0 Å². The van der Waals surface area contributed by atoms with Crippen LogP contribution in [0, 0.1) is 0 Å². The van der Waals surface area contributed by atoms with Crippen LogP contribution in [-0.2, 0) is 6.54 Å². The number of methoxy groups -OCH3 is 3. The Kier molecular flexibility index (Phi) is 4.79. The van der Waals surface area contributed by atoms with E-state index in [-0.39, 0.29) is 5.56 Å². The number of hydrogen-bond donors (Lipinski definition) is 2. The lowest BCUT2D eigenvalue weighted by Crippen LogP contribution is -2.15. The van der Waals surface area contributed by atoms with Gasteiger partial charge in [-0.25, -0.2) is 0 Å². The zero-order chi connectivity index (χ0) is 17.8. The van der Waals surface area contributed by atoms with Crippen molar-refractivity contribution in [2.75, 3.05) is 26.6 Å². The molecule has 0 atom stereocenters. The molecule has 0 saturated heterocycles. The first kappa shape index (κ1) is 16.7. The number of pyridine rings is 1. The normalized spacial score (nSPS) is 10.5. The van der Waals surface area contributed by atoms with Crippen LogP contribution in [-0.4, -0.2) is 26.3 Å². The predicted octanol–water partition coefficient (Wildman–Crippen LogP) is 3.17. The fourth-order valence-electron chi connectivity index (χ4n) is 2.63. The summed E-state index contributed by atoms with van der Waals surface area (Å²) in [7, 11) is 4.78. The summed E-state index contributed by atoms with van der Waals surface area (Å²) in [5.74, 6) is 2.00. The van der Waals surface area contributed by atoms with Gasteiger partial charge in [-0.1, -0.05) is 0 Å². The van der Waals surface area contributed by atoms with Crippen molar-refractivity contribution in [1.82, 2.24) is 4.98 Å². The molecule has 1 heterocycles. The molecule has 6 heteroatoms. The number of H-pyrrole nitrogens is 1. The predicted molar refractivity (Wildman–Crippen MR) is 98.0 cm³/mol. The van der Waals surface area contributed by atoms with Crippen LogP contribution in [0.4, 0.5) is 5.69 Å². The number of anilines is 1. The fraction of sp³-hybridized carbons (Fsp3) is 0.211. The van der Waals surface area contributed by atoms with Crippen molar-refractivity contribution in [1.29, 1.82) is 0 Å². The van der Waals surface area contributed by atoms with Gasteiger partial charge in [0.1, 0.15) is 5.75 Å². The zero-order valence-electron chi connectivity index (χ0n) is 14.4. The third kappa shape index (κ3) is 3.52. The Morgan fingerprint density at radius 3 is 2.44 bits per heavy atom. The number of benzene rings is 2. The maximum Gasteiger partial charge on any atom is 0.253 e. The van der Waals surface area contributed by atoms with Gasteiger partial charge in [-0.15, -0.1) is 0 Å². The van der Waals surface area contributed by atoms with Crippen molar-refractivity contribution in [3.05, 3.63) is 58.4 Å². The van der Waals surface area contributed by atoms with Gasteiger partial charge in [0.05, 0.1) is 26.8 Å². The summed E-state index contributed by atoms with van der Waals surface area (Å²) in [6.45, 7) is 0.396. The number of hydrogen-bond acceptors (Lipinski definition) is 5. The average molecular weight is 340 g/mol. The van der Waals surface area contributed by atoms with Gasteiger partial charge in [0.25, 0.3) is 5.56 Å². The minimum absolute atomic E-state index is 0.131. The Hall–Kier alpha value is -3.15. The number of nitrogens with one attached hydrogen (secondary N) is 2. The number of fused-ring (bicyclic) bond motifs is 1. The number of aromatic nitrogens is 1. The van der Waals surface area contributed by atoms with Gasteiger partial charge < -0.3 is 24.5 Å². The van der Waals surface area contributed by atoms with Crippen LogP contribution < -0.4 is 25.1 Å². The Morgan fingerprint density at radius 2 is 1.72 bits per heavy atom. The molecule has 0 bridgehead atoms. The van der Waals surface area contributed by atoms with Crippen LogP contribution in [0.5, 0.6) is 17.2 Å². The summed E-state index contributed by atoms with van der Waals surface area (Å²) < 4.78 is 15.7. The summed E-state index contributed by atoms with van der Waals surface area (Å²) in [6.07, 6.45) is 0. The second kappa shape index (κ2) is 7.17. The van der Waals surface area contributed by atoms with E-state index in [1.807, 2.05) is 42.5 Å². The van der Waals surface area contributed by atoms with Crippen LogP contribution in [0.15, 0.2) is 47.3 Å². The molecule has 0 aliphatic heterocycles. The molecule has 0 aliphatic carbocycles. The first-order chi connectivity index (χ1) is 12.1. The smallest absolute Gasteiger partial charge is 0.253 e. The van der Waals surface area contributed by atoms with E-state index >= 15 is 0 Å². The molecule has 0 fully saturated rings. The van der Waals surface area contributed by atoms with Gasteiger partial charge in [0, 0.05) is 29.9 Å². The number of ether oxygens (including phenoxy) is 3. The highest BCUT2D eigenvalue weighted by molar-refractivity contribution is 5.80. The molecule has 0 saturated carbocycles. The van der Waals surface area contributed by atoms with E-state index in [4.69, 9.17) is 14.2 Å². The summed E-state index contributed by atoms with van der Waals surface area (Å²) in [6, 6.07) is 13.0. The van der Waals surface area contributed by atoms with Gasteiger partial charge in [-0.05, 0) is 35.7 Å². The van der Waals surface area contributed by atoms with E-state index in [1.165, 1.54) is 0 Å². The Labute approximate surface area is 145 Å². The lowest BCUT2D eigenvalue weighted by Gasteiger charge is -2.11. The molecule has 130 valence electrons. The van der Waals surface area contributed by atoms with Gasteiger partial charge in [0.15, 0.2) is 11.5 Å². The number of aromatic amines is 1. The molecule has 25 heavy (non-hydrogen) atoms. The Morgan fingerprint density at radius 1 is 0.920 bits per heavy atom. The van der Waals surface area contributed by atoms with Crippen LogP contribution in [0.1, 0.15) is 5.56 Å². The summed E-state index contributed by atoms with van der Waals surface area (Å²) >= 11 is 0. The standard InChI is InChI=1S/C19H20N2O4/c1-23-15-6-4-12-8-13(19(22)21-16(12)10-15)11-20-14-5-7-17(24-2)18(9-14)25-3/h4-10,20H,11H2,1-3H3,(H,21,22). The Bertz CT molecular complexity index is 950. The molecule has 0 radical (unpaired) electrons. The fourth-order valence-corrected chi connectivity index (χ4v) is 2.63. The molecule has 0 aliphatic rings. The molecule has 1 aromatic heterocycles. The highest BCUT2D eigenvalue weighted by Gasteiger charge is 2.07. The lowest BCUT2D eigenvalue weighted by molar-refractivity contribution is 0.355.